The van der Waals surface area contributed by atoms with Crippen LogP contribution in [-0.2, 0) is 0 Å². The number of benzene rings is 1. The predicted molar refractivity (Wildman–Crippen MR) is 107 cm³/mol. The van der Waals surface area contributed by atoms with Gasteiger partial charge in [0.2, 0.25) is 0 Å². The standard InChI is InChI=1S/C21H26N4O2/c1-14-10-15(2)23-21(18(14)12-22)25-9-5-6-17(13-25)24-16-7-8-19(26-3)20(11-16)27-4/h7-8,10-11,17,24H,5-6,9,13H2,1-4H3/t17-/m0/s1. The quantitative estimate of drug-likeness (QED) is 0.871. The van der Waals surface area contributed by atoms with Gasteiger partial charge in [0.15, 0.2) is 11.5 Å². The summed E-state index contributed by atoms with van der Waals surface area (Å²) in [5, 5.41) is 13.2. The zero-order chi connectivity index (χ0) is 19.4. The van der Waals surface area contributed by atoms with Crippen molar-refractivity contribution < 1.29 is 9.47 Å². The molecule has 1 aromatic heterocycles. The summed E-state index contributed by atoms with van der Waals surface area (Å²) in [5.41, 5.74) is 3.59. The Hall–Kier alpha value is -2.94. The molecule has 0 bridgehead atoms. The third-order valence-corrected chi connectivity index (χ3v) is 4.91. The van der Waals surface area contributed by atoms with Crippen molar-refractivity contribution in [3.8, 4) is 17.6 Å². The monoisotopic (exact) mass is 366 g/mol. The van der Waals surface area contributed by atoms with Crippen molar-refractivity contribution in [3.05, 3.63) is 41.1 Å². The van der Waals surface area contributed by atoms with Crippen molar-refractivity contribution in [1.29, 1.82) is 5.26 Å². The average Bonchev–Trinajstić information content (AvgIpc) is 2.67. The first kappa shape index (κ1) is 18.8. The van der Waals surface area contributed by atoms with E-state index in [0.717, 1.165) is 48.7 Å². The summed E-state index contributed by atoms with van der Waals surface area (Å²) in [6.07, 6.45) is 2.11. The number of piperidine rings is 1. The first-order valence-electron chi connectivity index (χ1n) is 9.17. The number of rotatable bonds is 5. The first-order chi connectivity index (χ1) is 13.0. The summed E-state index contributed by atoms with van der Waals surface area (Å²) in [6, 6.07) is 10.4. The van der Waals surface area contributed by atoms with Gasteiger partial charge < -0.3 is 19.7 Å². The molecule has 6 heteroatoms. The summed E-state index contributed by atoms with van der Waals surface area (Å²) >= 11 is 0. The smallest absolute Gasteiger partial charge is 0.162 e. The van der Waals surface area contributed by atoms with E-state index in [0.29, 0.717) is 17.1 Å². The van der Waals surface area contributed by atoms with E-state index >= 15 is 0 Å². The van der Waals surface area contributed by atoms with Crippen LogP contribution in [0.5, 0.6) is 11.5 Å². The Bertz CT molecular complexity index is 860. The minimum atomic E-state index is 0.269. The van der Waals surface area contributed by atoms with Crippen LogP contribution in [0.1, 0.15) is 29.7 Å². The summed E-state index contributed by atoms with van der Waals surface area (Å²) in [7, 11) is 3.27. The molecule has 1 fully saturated rings. The largest absolute Gasteiger partial charge is 0.493 e. The van der Waals surface area contributed by atoms with Crippen molar-refractivity contribution in [2.45, 2.75) is 32.7 Å². The van der Waals surface area contributed by atoms with Gasteiger partial charge in [-0.3, -0.25) is 0 Å². The maximum Gasteiger partial charge on any atom is 0.162 e. The van der Waals surface area contributed by atoms with Gasteiger partial charge in [0.25, 0.3) is 0 Å². The Morgan fingerprint density at radius 1 is 1.19 bits per heavy atom. The van der Waals surface area contributed by atoms with Crippen LogP contribution in [0.2, 0.25) is 0 Å². The molecule has 6 nitrogen and oxygen atoms in total. The lowest BCUT2D eigenvalue weighted by molar-refractivity contribution is 0.355. The van der Waals surface area contributed by atoms with Crippen LogP contribution in [-0.4, -0.2) is 38.3 Å². The molecule has 0 aliphatic carbocycles. The molecule has 27 heavy (non-hydrogen) atoms. The summed E-state index contributed by atoms with van der Waals surface area (Å²) in [6.45, 7) is 5.66. The minimum Gasteiger partial charge on any atom is -0.493 e. The number of ether oxygens (including phenoxy) is 2. The van der Waals surface area contributed by atoms with Crippen molar-refractivity contribution in [2.75, 3.05) is 37.5 Å². The number of hydrogen-bond acceptors (Lipinski definition) is 6. The Morgan fingerprint density at radius 2 is 1.96 bits per heavy atom. The van der Waals surface area contributed by atoms with Crippen molar-refractivity contribution in [3.63, 3.8) is 0 Å². The molecule has 2 heterocycles. The molecule has 0 unspecified atom stereocenters. The van der Waals surface area contributed by atoms with Crippen LogP contribution in [0.25, 0.3) is 0 Å². The van der Waals surface area contributed by atoms with Crippen LogP contribution in [0.15, 0.2) is 24.3 Å². The molecule has 0 spiro atoms. The lowest BCUT2D eigenvalue weighted by Crippen LogP contribution is -2.43. The van der Waals surface area contributed by atoms with Crippen LogP contribution in [0, 0.1) is 25.2 Å². The zero-order valence-electron chi connectivity index (χ0n) is 16.4. The number of anilines is 2. The molecule has 0 saturated carbocycles. The molecule has 0 radical (unpaired) electrons. The fraction of sp³-hybridized carbons (Fsp3) is 0.429. The second-order valence-electron chi connectivity index (χ2n) is 6.89. The van der Waals surface area contributed by atoms with Gasteiger partial charge in [0.05, 0.1) is 19.8 Å². The number of nitriles is 1. The van der Waals surface area contributed by atoms with Crippen molar-refractivity contribution in [1.82, 2.24) is 4.98 Å². The van der Waals surface area contributed by atoms with Crippen LogP contribution in [0.3, 0.4) is 0 Å². The van der Waals surface area contributed by atoms with E-state index in [9.17, 15) is 5.26 Å². The Labute approximate surface area is 160 Å². The zero-order valence-corrected chi connectivity index (χ0v) is 16.4. The molecule has 142 valence electrons. The third kappa shape index (κ3) is 4.08. The number of hydrogen-bond donors (Lipinski definition) is 1. The van der Waals surface area contributed by atoms with Gasteiger partial charge in [-0.1, -0.05) is 0 Å². The molecular formula is C21H26N4O2. The summed E-state index contributed by atoms with van der Waals surface area (Å²) in [4.78, 5) is 6.88. The summed E-state index contributed by atoms with van der Waals surface area (Å²) in [5.74, 6) is 2.22. The molecule has 1 N–H and O–H groups in total. The van der Waals surface area contributed by atoms with Gasteiger partial charge in [0.1, 0.15) is 11.9 Å². The van der Waals surface area contributed by atoms with E-state index in [4.69, 9.17) is 9.47 Å². The van der Waals surface area contributed by atoms with Gasteiger partial charge in [-0.15, -0.1) is 0 Å². The van der Waals surface area contributed by atoms with E-state index in [2.05, 4.69) is 21.3 Å². The van der Waals surface area contributed by atoms with Crippen molar-refractivity contribution >= 4 is 11.5 Å². The highest BCUT2D eigenvalue weighted by Crippen LogP contribution is 2.31. The van der Waals surface area contributed by atoms with Gasteiger partial charge in [-0.2, -0.15) is 5.26 Å². The number of nitrogens with zero attached hydrogens (tertiary/aromatic N) is 3. The highest BCUT2D eigenvalue weighted by Gasteiger charge is 2.24. The van der Waals surface area contributed by atoms with Crippen LogP contribution < -0.4 is 19.7 Å². The maximum absolute atomic E-state index is 9.57. The van der Waals surface area contributed by atoms with E-state index in [1.165, 1.54) is 0 Å². The highest BCUT2D eigenvalue weighted by molar-refractivity contribution is 5.59. The van der Waals surface area contributed by atoms with E-state index in [1.807, 2.05) is 38.1 Å². The van der Waals surface area contributed by atoms with E-state index in [1.54, 1.807) is 14.2 Å². The molecule has 1 aromatic carbocycles. The topological polar surface area (TPSA) is 70.4 Å². The molecule has 1 aliphatic heterocycles. The maximum atomic E-state index is 9.57. The normalized spacial score (nSPS) is 16.6. The van der Waals surface area contributed by atoms with Gasteiger partial charge in [-0.05, 0) is 50.5 Å². The van der Waals surface area contributed by atoms with Gasteiger partial charge in [0, 0.05) is 36.6 Å². The second kappa shape index (κ2) is 8.17. The van der Waals surface area contributed by atoms with Gasteiger partial charge >= 0.3 is 0 Å². The first-order valence-corrected chi connectivity index (χ1v) is 9.17. The predicted octanol–water partition coefficient (Wildman–Crippen LogP) is 3.67. The Balaban J connectivity index is 1.79. The molecule has 3 rings (SSSR count). The van der Waals surface area contributed by atoms with E-state index in [-0.39, 0.29) is 6.04 Å². The highest BCUT2D eigenvalue weighted by atomic mass is 16.5. The molecule has 1 atom stereocenters. The number of aromatic nitrogens is 1. The lowest BCUT2D eigenvalue weighted by atomic mass is 10.0. The van der Waals surface area contributed by atoms with Crippen molar-refractivity contribution in [2.24, 2.45) is 0 Å². The summed E-state index contributed by atoms with van der Waals surface area (Å²) < 4.78 is 10.7. The number of nitrogens with one attached hydrogen (secondary N) is 1. The molecule has 1 aliphatic rings. The van der Waals surface area contributed by atoms with Gasteiger partial charge in [-0.25, -0.2) is 4.98 Å². The minimum absolute atomic E-state index is 0.269. The Morgan fingerprint density at radius 3 is 2.67 bits per heavy atom. The van der Waals surface area contributed by atoms with Crippen LogP contribution in [0.4, 0.5) is 11.5 Å². The van der Waals surface area contributed by atoms with Crippen LogP contribution >= 0.6 is 0 Å². The fourth-order valence-corrected chi connectivity index (χ4v) is 3.63. The lowest BCUT2D eigenvalue weighted by Gasteiger charge is -2.35. The molecule has 2 aromatic rings. The number of methoxy groups -OCH3 is 2. The second-order valence-corrected chi connectivity index (χ2v) is 6.89. The number of pyridine rings is 1. The number of aryl methyl sites for hydroxylation is 2. The Kier molecular flexibility index (Phi) is 5.70. The van der Waals surface area contributed by atoms with E-state index < -0.39 is 0 Å². The SMILES string of the molecule is COc1ccc(N[C@H]2CCCN(c3nc(C)cc(C)c3C#N)C2)cc1OC. The molecule has 0 amide bonds. The molecular weight excluding hydrogens is 340 g/mol. The average molecular weight is 366 g/mol. The fourth-order valence-electron chi connectivity index (χ4n) is 3.63. The molecule has 1 saturated heterocycles. The third-order valence-electron chi connectivity index (χ3n) is 4.91.